The zero-order valence-electron chi connectivity index (χ0n) is 7.33. The van der Waals surface area contributed by atoms with Gasteiger partial charge in [-0.1, -0.05) is 5.92 Å². The molecule has 0 saturated carbocycles. The first-order chi connectivity index (χ1) is 5.65. The average Bonchev–Trinajstić information content (AvgIpc) is 2.03. The molecule has 0 aliphatic heterocycles. The van der Waals surface area contributed by atoms with Gasteiger partial charge in [-0.25, -0.2) is 0 Å². The first-order valence-electron chi connectivity index (χ1n) is 3.84. The largest absolute Gasteiger partial charge is 0.323 e. The van der Waals surface area contributed by atoms with Crippen LogP contribution in [0.3, 0.4) is 0 Å². The second kappa shape index (κ2) is 3.38. The van der Waals surface area contributed by atoms with Gasteiger partial charge in [-0.2, -0.15) is 0 Å². The van der Waals surface area contributed by atoms with Crippen LogP contribution in [0.2, 0.25) is 0 Å². The van der Waals surface area contributed by atoms with Crippen LogP contribution in [0, 0.1) is 19.3 Å². The van der Waals surface area contributed by atoms with Crippen LogP contribution >= 0.6 is 0 Å². The summed E-state index contributed by atoms with van der Waals surface area (Å²) in [6, 6.07) is 1.82. The quantitative estimate of drug-likeness (QED) is 0.630. The second-order valence-corrected chi connectivity index (χ2v) is 2.88. The Morgan fingerprint density at radius 2 is 2.33 bits per heavy atom. The Kier molecular flexibility index (Phi) is 2.47. The Labute approximate surface area is 72.8 Å². The molecule has 0 spiro atoms. The molecular formula is C10H12N2. The molecule has 0 amide bonds. The Bertz CT molecular complexity index is 321. The van der Waals surface area contributed by atoms with E-state index in [-0.39, 0.29) is 6.04 Å². The number of nitrogens with zero attached hydrogens (tertiary/aromatic N) is 1. The number of aryl methyl sites for hydroxylation is 1. The lowest BCUT2D eigenvalue weighted by Crippen LogP contribution is -2.09. The van der Waals surface area contributed by atoms with Gasteiger partial charge < -0.3 is 5.73 Å². The van der Waals surface area contributed by atoms with Gasteiger partial charge >= 0.3 is 0 Å². The van der Waals surface area contributed by atoms with E-state index in [1.807, 2.05) is 19.9 Å². The summed E-state index contributed by atoms with van der Waals surface area (Å²) in [5.74, 6) is 2.58. The highest BCUT2D eigenvalue weighted by molar-refractivity contribution is 5.39. The number of pyridine rings is 1. The van der Waals surface area contributed by atoms with Crippen LogP contribution in [0.5, 0.6) is 0 Å². The van der Waals surface area contributed by atoms with Gasteiger partial charge in [0.15, 0.2) is 0 Å². The molecule has 0 aliphatic rings. The topological polar surface area (TPSA) is 38.9 Å². The van der Waals surface area contributed by atoms with Crippen LogP contribution < -0.4 is 5.73 Å². The number of nitrogens with two attached hydrogens (primary N) is 1. The van der Waals surface area contributed by atoms with Crippen molar-refractivity contribution in [3.63, 3.8) is 0 Å². The highest BCUT2D eigenvalue weighted by Crippen LogP contribution is 2.12. The summed E-state index contributed by atoms with van der Waals surface area (Å²) in [7, 11) is 0. The fraction of sp³-hybridized carbons (Fsp3) is 0.300. The SMILES string of the molecule is C#Cc1cc(C)cnc1[C@H](C)N. The number of aromatic nitrogens is 1. The van der Waals surface area contributed by atoms with E-state index in [2.05, 4.69) is 10.9 Å². The predicted molar refractivity (Wildman–Crippen MR) is 49.5 cm³/mol. The van der Waals surface area contributed by atoms with Gasteiger partial charge in [0.1, 0.15) is 0 Å². The van der Waals surface area contributed by atoms with Crippen molar-refractivity contribution in [3.05, 3.63) is 29.1 Å². The Hall–Kier alpha value is -1.33. The fourth-order valence-corrected chi connectivity index (χ4v) is 1.06. The lowest BCUT2D eigenvalue weighted by atomic mass is 10.1. The van der Waals surface area contributed by atoms with Crippen molar-refractivity contribution in [1.82, 2.24) is 4.98 Å². The van der Waals surface area contributed by atoms with Crippen molar-refractivity contribution in [1.29, 1.82) is 0 Å². The number of terminal acetylenes is 1. The average molecular weight is 160 g/mol. The molecule has 0 aromatic carbocycles. The maximum absolute atomic E-state index is 5.68. The number of hydrogen-bond acceptors (Lipinski definition) is 2. The highest BCUT2D eigenvalue weighted by Gasteiger charge is 2.05. The van der Waals surface area contributed by atoms with Crippen molar-refractivity contribution in [2.45, 2.75) is 19.9 Å². The lowest BCUT2D eigenvalue weighted by molar-refractivity contribution is 0.776. The molecule has 2 heteroatoms. The van der Waals surface area contributed by atoms with E-state index < -0.39 is 0 Å². The summed E-state index contributed by atoms with van der Waals surface area (Å²) in [6.07, 6.45) is 7.09. The summed E-state index contributed by atoms with van der Waals surface area (Å²) in [6.45, 7) is 3.83. The molecule has 0 aliphatic carbocycles. The van der Waals surface area contributed by atoms with Crippen LogP contribution in [-0.2, 0) is 0 Å². The van der Waals surface area contributed by atoms with Crippen LogP contribution in [-0.4, -0.2) is 4.98 Å². The summed E-state index contributed by atoms with van der Waals surface area (Å²) in [5, 5.41) is 0. The molecule has 2 nitrogen and oxygen atoms in total. The summed E-state index contributed by atoms with van der Waals surface area (Å²) in [5.41, 5.74) is 8.34. The standard InChI is InChI=1S/C10H12N2/c1-4-9-5-7(2)6-12-10(9)8(3)11/h1,5-6,8H,11H2,2-3H3/t8-/m0/s1. The van der Waals surface area contributed by atoms with Crippen molar-refractivity contribution in [2.24, 2.45) is 5.73 Å². The molecule has 1 atom stereocenters. The number of hydrogen-bond donors (Lipinski definition) is 1. The smallest absolute Gasteiger partial charge is 0.0724 e. The summed E-state index contributed by atoms with van der Waals surface area (Å²) in [4.78, 5) is 4.18. The van der Waals surface area contributed by atoms with E-state index in [1.165, 1.54) is 0 Å². The van der Waals surface area contributed by atoms with Gasteiger partial charge in [0.25, 0.3) is 0 Å². The van der Waals surface area contributed by atoms with E-state index >= 15 is 0 Å². The van der Waals surface area contributed by atoms with Crippen molar-refractivity contribution < 1.29 is 0 Å². The monoisotopic (exact) mass is 160 g/mol. The first-order valence-corrected chi connectivity index (χ1v) is 3.84. The molecule has 1 aromatic rings. The molecule has 1 heterocycles. The summed E-state index contributed by atoms with van der Waals surface area (Å²) >= 11 is 0. The molecule has 0 radical (unpaired) electrons. The number of rotatable bonds is 1. The van der Waals surface area contributed by atoms with Crippen LogP contribution in [0.4, 0.5) is 0 Å². The van der Waals surface area contributed by atoms with Crippen molar-refractivity contribution >= 4 is 0 Å². The van der Waals surface area contributed by atoms with Crippen molar-refractivity contribution in [2.75, 3.05) is 0 Å². The molecule has 12 heavy (non-hydrogen) atoms. The molecule has 2 N–H and O–H groups in total. The van der Waals surface area contributed by atoms with E-state index in [1.54, 1.807) is 6.20 Å². The molecule has 0 unspecified atom stereocenters. The van der Waals surface area contributed by atoms with Gasteiger partial charge in [-0.3, -0.25) is 4.98 Å². The molecule has 0 bridgehead atoms. The minimum atomic E-state index is -0.100. The molecular weight excluding hydrogens is 148 g/mol. The maximum Gasteiger partial charge on any atom is 0.0724 e. The minimum absolute atomic E-state index is 0.100. The first kappa shape index (κ1) is 8.76. The van der Waals surface area contributed by atoms with Crippen LogP contribution in [0.25, 0.3) is 0 Å². The third-order valence-electron chi connectivity index (χ3n) is 1.64. The molecule has 0 saturated heterocycles. The van der Waals surface area contributed by atoms with Crippen LogP contribution in [0.1, 0.15) is 29.8 Å². The Balaban J connectivity index is 3.23. The molecule has 0 fully saturated rings. The van der Waals surface area contributed by atoms with Crippen LogP contribution in [0.15, 0.2) is 12.3 Å². The zero-order chi connectivity index (χ0) is 9.14. The van der Waals surface area contributed by atoms with E-state index in [0.717, 1.165) is 16.8 Å². The molecule has 1 rings (SSSR count). The summed E-state index contributed by atoms with van der Waals surface area (Å²) < 4.78 is 0. The Morgan fingerprint density at radius 1 is 1.67 bits per heavy atom. The van der Waals surface area contributed by atoms with Gasteiger partial charge in [-0.05, 0) is 25.5 Å². The third-order valence-corrected chi connectivity index (χ3v) is 1.64. The van der Waals surface area contributed by atoms with E-state index in [9.17, 15) is 0 Å². The van der Waals surface area contributed by atoms with E-state index in [0.29, 0.717) is 0 Å². The van der Waals surface area contributed by atoms with Gasteiger partial charge in [0.2, 0.25) is 0 Å². The molecule has 1 aromatic heterocycles. The van der Waals surface area contributed by atoms with Gasteiger partial charge in [-0.15, -0.1) is 6.42 Å². The van der Waals surface area contributed by atoms with Crippen molar-refractivity contribution in [3.8, 4) is 12.3 Å². The third kappa shape index (κ3) is 1.63. The van der Waals surface area contributed by atoms with Gasteiger partial charge in [0, 0.05) is 17.8 Å². The maximum atomic E-state index is 5.68. The minimum Gasteiger partial charge on any atom is -0.323 e. The molecule has 62 valence electrons. The Morgan fingerprint density at radius 3 is 2.83 bits per heavy atom. The highest BCUT2D eigenvalue weighted by atomic mass is 14.8. The second-order valence-electron chi connectivity index (χ2n) is 2.88. The fourth-order valence-electron chi connectivity index (χ4n) is 1.06. The van der Waals surface area contributed by atoms with Gasteiger partial charge in [0.05, 0.1) is 5.69 Å². The predicted octanol–water partition coefficient (Wildman–Crippen LogP) is 1.39. The zero-order valence-corrected chi connectivity index (χ0v) is 7.33. The van der Waals surface area contributed by atoms with E-state index in [4.69, 9.17) is 12.2 Å². The lowest BCUT2D eigenvalue weighted by Gasteiger charge is -2.07. The normalized spacial score (nSPS) is 12.2.